The third-order valence-electron chi connectivity index (χ3n) is 4.34. The van der Waals surface area contributed by atoms with Crippen molar-refractivity contribution in [1.82, 2.24) is 10.2 Å². The molecule has 0 aliphatic carbocycles. The van der Waals surface area contributed by atoms with Gasteiger partial charge in [-0.05, 0) is 17.5 Å². The molecule has 2 aliphatic heterocycles. The molecule has 1 aromatic heterocycles. The second-order valence-corrected chi connectivity index (χ2v) is 6.70. The number of nitro benzene ring substituents is 1. The summed E-state index contributed by atoms with van der Waals surface area (Å²) in [4.78, 5) is 14.7. The quantitative estimate of drug-likeness (QED) is 0.605. The molecule has 7 nitrogen and oxygen atoms in total. The van der Waals surface area contributed by atoms with Crippen LogP contribution in [0.1, 0.15) is 16.5 Å². The van der Waals surface area contributed by atoms with Crippen molar-refractivity contribution in [1.29, 1.82) is 0 Å². The van der Waals surface area contributed by atoms with Gasteiger partial charge in [-0.3, -0.25) is 15.0 Å². The number of nitrogens with one attached hydrogen (secondary N) is 1. The summed E-state index contributed by atoms with van der Waals surface area (Å²) in [7, 11) is 0. The Balaban J connectivity index is 0.00000121. The lowest BCUT2D eigenvalue weighted by Gasteiger charge is -2.34. The first kappa shape index (κ1) is 20.7. The third kappa shape index (κ3) is 3.89. The van der Waals surface area contributed by atoms with E-state index in [0.717, 1.165) is 31.1 Å². The molecule has 2 aliphatic rings. The van der Waals surface area contributed by atoms with E-state index in [0.29, 0.717) is 17.1 Å². The maximum absolute atomic E-state index is 11.7. The van der Waals surface area contributed by atoms with Crippen LogP contribution in [0.4, 0.5) is 5.69 Å². The number of benzene rings is 1. The molecule has 0 amide bonds. The standard InChI is InChI=1S/C16H17N3O4S.2ClH/c20-19(21)12-9-14-13(22-10-23-14)8-11(12)16(15-2-1-7-24-15)18-5-3-17-4-6-18;;/h1-2,7-9,16-17H,3-6,10H2;2*1H/t16-;;/m1../s1. The van der Waals surface area contributed by atoms with Crippen molar-refractivity contribution in [3.8, 4) is 11.5 Å². The molecule has 1 fully saturated rings. The van der Waals surface area contributed by atoms with E-state index < -0.39 is 0 Å². The van der Waals surface area contributed by atoms with Gasteiger partial charge in [-0.1, -0.05) is 6.07 Å². The van der Waals surface area contributed by atoms with Crippen LogP contribution in [0.25, 0.3) is 0 Å². The van der Waals surface area contributed by atoms with E-state index in [1.165, 1.54) is 6.07 Å². The minimum atomic E-state index is -0.333. The SMILES string of the molecule is Cl.Cl.O=[N+]([O-])c1cc2c(cc1[C@H](c1cccs1)N1CCNCC1)OCO2. The minimum absolute atomic E-state index is 0. The van der Waals surface area contributed by atoms with Crippen LogP contribution in [0.5, 0.6) is 11.5 Å². The van der Waals surface area contributed by atoms with Gasteiger partial charge in [0.2, 0.25) is 6.79 Å². The highest BCUT2D eigenvalue weighted by atomic mass is 35.5. The lowest BCUT2D eigenvalue weighted by atomic mass is 10.00. The summed E-state index contributed by atoms with van der Waals surface area (Å²) in [5, 5.41) is 17.0. The van der Waals surface area contributed by atoms with Gasteiger partial charge in [0.15, 0.2) is 11.5 Å². The molecule has 26 heavy (non-hydrogen) atoms. The fourth-order valence-electron chi connectivity index (χ4n) is 3.24. The molecule has 10 heteroatoms. The molecule has 1 N–H and O–H groups in total. The Hall–Kier alpha value is -1.58. The molecule has 1 atom stereocenters. The van der Waals surface area contributed by atoms with Gasteiger partial charge >= 0.3 is 0 Å². The molecule has 0 radical (unpaired) electrons. The average molecular weight is 420 g/mol. The van der Waals surface area contributed by atoms with Crippen LogP contribution in [0.15, 0.2) is 29.6 Å². The van der Waals surface area contributed by atoms with E-state index in [-0.39, 0.29) is 48.3 Å². The van der Waals surface area contributed by atoms with Crippen molar-refractivity contribution in [2.75, 3.05) is 33.0 Å². The Morgan fingerprint density at radius 3 is 2.50 bits per heavy atom. The molecule has 0 bridgehead atoms. The van der Waals surface area contributed by atoms with Gasteiger partial charge in [0.25, 0.3) is 5.69 Å². The Bertz CT molecular complexity index is 754. The predicted octanol–water partition coefficient (Wildman–Crippen LogP) is 3.22. The first-order chi connectivity index (χ1) is 11.7. The van der Waals surface area contributed by atoms with E-state index in [9.17, 15) is 10.1 Å². The lowest BCUT2D eigenvalue weighted by Crippen LogP contribution is -2.45. The zero-order valence-electron chi connectivity index (χ0n) is 13.8. The number of rotatable bonds is 4. The summed E-state index contributed by atoms with van der Waals surface area (Å²) in [6, 6.07) is 7.12. The second-order valence-electron chi connectivity index (χ2n) is 5.73. The fraction of sp³-hybridized carbons (Fsp3) is 0.375. The number of piperazine rings is 1. The summed E-state index contributed by atoms with van der Waals surface area (Å²) in [6.07, 6.45) is 0. The predicted molar refractivity (Wildman–Crippen MR) is 104 cm³/mol. The van der Waals surface area contributed by atoms with E-state index in [1.807, 2.05) is 17.5 Å². The van der Waals surface area contributed by atoms with E-state index in [1.54, 1.807) is 17.4 Å². The molecule has 0 unspecified atom stereocenters. The lowest BCUT2D eigenvalue weighted by molar-refractivity contribution is -0.385. The summed E-state index contributed by atoms with van der Waals surface area (Å²) in [5.41, 5.74) is 0.741. The van der Waals surface area contributed by atoms with Crippen LogP contribution in [-0.2, 0) is 0 Å². The molecule has 3 heterocycles. The zero-order chi connectivity index (χ0) is 16.5. The molecule has 4 rings (SSSR count). The molecule has 1 aromatic carbocycles. The fourth-order valence-corrected chi connectivity index (χ4v) is 4.12. The second kappa shape index (κ2) is 8.88. The average Bonchev–Trinajstić information content (AvgIpc) is 3.26. The van der Waals surface area contributed by atoms with Gasteiger partial charge < -0.3 is 14.8 Å². The maximum Gasteiger partial charge on any atom is 0.278 e. The molecule has 2 aromatic rings. The van der Waals surface area contributed by atoms with Crippen LogP contribution < -0.4 is 14.8 Å². The van der Waals surface area contributed by atoms with E-state index in [4.69, 9.17) is 9.47 Å². The Morgan fingerprint density at radius 1 is 1.19 bits per heavy atom. The van der Waals surface area contributed by atoms with Crippen LogP contribution in [0.3, 0.4) is 0 Å². The van der Waals surface area contributed by atoms with Crippen molar-refractivity contribution >= 4 is 41.8 Å². The van der Waals surface area contributed by atoms with Gasteiger partial charge in [-0.15, -0.1) is 36.2 Å². The molecule has 0 saturated carbocycles. The number of nitrogens with zero attached hydrogens (tertiary/aromatic N) is 2. The number of thiophene rings is 1. The monoisotopic (exact) mass is 419 g/mol. The number of halogens is 2. The molecule has 142 valence electrons. The van der Waals surface area contributed by atoms with Crippen LogP contribution >= 0.6 is 36.2 Å². The maximum atomic E-state index is 11.7. The summed E-state index contributed by atoms with van der Waals surface area (Å²) >= 11 is 1.62. The number of hydrogen-bond acceptors (Lipinski definition) is 7. The highest BCUT2D eigenvalue weighted by Crippen LogP contribution is 2.44. The smallest absolute Gasteiger partial charge is 0.278 e. The highest BCUT2D eigenvalue weighted by Gasteiger charge is 2.33. The van der Waals surface area contributed by atoms with Gasteiger partial charge in [-0.25, -0.2) is 0 Å². The summed E-state index contributed by atoms with van der Waals surface area (Å²) in [5.74, 6) is 1.02. The van der Waals surface area contributed by atoms with Crippen LogP contribution in [-0.4, -0.2) is 42.8 Å². The van der Waals surface area contributed by atoms with Gasteiger partial charge in [0.1, 0.15) is 0 Å². The Morgan fingerprint density at radius 2 is 1.88 bits per heavy atom. The van der Waals surface area contributed by atoms with Gasteiger partial charge in [0, 0.05) is 31.1 Å². The molecular weight excluding hydrogens is 401 g/mol. The normalized spacial score (nSPS) is 17.1. The minimum Gasteiger partial charge on any atom is -0.454 e. The van der Waals surface area contributed by atoms with Crippen molar-refractivity contribution < 1.29 is 14.4 Å². The molecule has 1 saturated heterocycles. The number of nitro groups is 1. The largest absolute Gasteiger partial charge is 0.454 e. The summed E-state index contributed by atoms with van der Waals surface area (Å²) < 4.78 is 10.8. The van der Waals surface area contributed by atoms with E-state index >= 15 is 0 Å². The van der Waals surface area contributed by atoms with Crippen molar-refractivity contribution in [3.05, 3.63) is 50.2 Å². The number of ether oxygens (including phenoxy) is 2. The summed E-state index contributed by atoms with van der Waals surface area (Å²) in [6.45, 7) is 3.54. The topological polar surface area (TPSA) is 76.9 Å². The highest BCUT2D eigenvalue weighted by molar-refractivity contribution is 7.10. The Kier molecular flexibility index (Phi) is 7.08. The van der Waals surface area contributed by atoms with Crippen molar-refractivity contribution in [2.24, 2.45) is 0 Å². The van der Waals surface area contributed by atoms with E-state index in [2.05, 4.69) is 10.2 Å². The van der Waals surface area contributed by atoms with Crippen LogP contribution in [0.2, 0.25) is 0 Å². The van der Waals surface area contributed by atoms with Crippen molar-refractivity contribution in [3.63, 3.8) is 0 Å². The number of hydrogen-bond donors (Lipinski definition) is 1. The number of fused-ring (bicyclic) bond motifs is 1. The zero-order valence-corrected chi connectivity index (χ0v) is 16.2. The Labute approximate surface area is 167 Å². The van der Waals surface area contributed by atoms with Gasteiger partial charge in [0.05, 0.1) is 22.6 Å². The van der Waals surface area contributed by atoms with Gasteiger partial charge in [-0.2, -0.15) is 0 Å². The molecular formula is C16H19Cl2N3O4S. The molecule has 0 spiro atoms. The first-order valence-electron chi connectivity index (χ1n) is 7.80. The van der Waals surface area contributed by atoms with Crippen LogP contribution in [0, 0.1) is 10.1 Å². The van der Waals surface area contributed by atoms with Crippen molar-refractivity contribution in [2.45, 2.75) is 6.04 Å². The third-order valence-corrected chi connectivity index (χ3v) is 5.27. The first-order valence-corrected chi connectivity index (χ1v) is 8.68.